The van der Waals surface area contributed by atoms with E-state index in [1.54, 1.807) is 11.3 Å². The fraction of sp³-hybridized carbons (Fsp3) is 0.455. The highest BCUT2D eigenvalue weighted by atomic mass is 32.2. The number of nitrogens with one attached hydrogen (secondary N) is 1. The molecule has 3 aromatic rings. The molecule has 4 rings (SSSR count). The molecule has 1 saturated heterocycles. The third-order valence-corrected chi connectivity index (χ3v) is 6.96. The molecule has 0 amide bonds. The molecule has 0 bridgehead atoms. The molecule has 1 aromatic carbocycles. The van der Waals surface area contributed by atoms with E-state index in [1.807, 2.05) is 17.8 Å². The summed E-state index contributed by atoms with van der Waals surface area (Å²) in [6.07, 6.45) is 0.842. The van der Waals surface area contributed by atoms with Crippen LogP contribution in [0, 0.1) is 0 Å². The van der Waals surface area contributed by atoms with Crippen LogP contribution in [0.3, 0.4) is 0 Å². The van der Waals surface area contributed by atoms with Crippen molar-refractivity contribution in [3.05, 3.63) is 41.5 Å². The molecule has 0 spiro atoms. The lowest BCUT2D eigenvalue weighted by molar-refractivity contribution is 0.0331. The van der Waals surface area contributed by atoms with Crippen LogP contribution in [0.4, 0.5) is 5.82 Å². The van der Waals surface area contributed by atoms with E-state index in [2.05, 4.69) is 39.9 Å². The topological polar surface area (TPSA) is 70.5 Å². The molecule has 0 atom stereocenters. The number of aliphatic hydroxyl groups is 1. The second-order valence-electron chi connectivity index (χ2n) is 7.19. The van der Waals surface area contributed by atoms with E-state index in [4.69, 9.17) is 19.8 Å². The summed E-state index contributed by atoms with van der Waals surface area (Å²) in [7, 11) is 0. The van der Waals surface area contributed by atoms with Gasteiger partial charge in [0.25, 0.3) is 0 Å². The van der Waals surface area contributed by atoms with Gasteiger partial charge in [-0.15, -0.1) is 11.3 Å². The summed E-state index contributed by atoms with van der Waals surface area (Å²) in [5, 5.41) is 15.8. The highest BCUT2D eigenvalue weighted by Crippen LogP contribution is 2.37. The first-order valence-electron chi connectivity index (χ1n) is 10.4. The Morgan fingerprint density at radius 1 is 1.13 bits per heavy atom. The van der Waals surface area contributed by atoms with Crippen LogP contribution in [0.15, 0.2) is 35.7 Å². The van der Waals surface area contributed by atoms with Crippen molar-refractivity contribution in [3.63, 3.8) is 0 Å². The summed E-state index contributed by atoms with van der Waals surface area (Å²) in [5.41, 5.74) is 2.37. The Labute approximate surface area is 185 Å². The van der Waals surface area contributed by atoms with Crippen molar-refractivity contribution in [2.45, 2.75) is 13.0 Å². The van der Waals surface area contributed by atoms with Crippen LogP contribution in [0.1, 0.15) is 12.2 Å². The first-order chi connectivity index (χ1) is 14.8. The van der Waals surface area contributed by atoms with Gasteiger partial charge in [-0.3, -0.25) is 4.90 Å². The molecule has 3 heterocycles. The van der Waals surface area contributed by atoms with Crippen LogP contribution in [-0.4, -0.2) is 70.9 Å². The van der Waals surface area contributed by atoms with Crippen LogP contribution in [0.25, 0.3) is 21.3 Å². The van der Waals surface area contributed by atoms with E-state index in [1.165, 1.54) is 11.1 Å². The van der Waals surface area contributed by atoms with E-state index >= 15 is 0 Å². The zero-order chi connectivity index (χ0) is 20.6. The first-order valence-corrected chi connectivity index (χ1v) is 12.4. The quantitative estimate of drug-likeness (QED) is 0.462. The van der Waals surface area contributed by atoms with E-state index in [-0.39, 0.29) is 6.61 Å². The number of fused-ring (bicyclic) bond motifs is 1. The predicted molar refractivity (Wildman–Crippen MR) is 126 cm³/mol. The summed E-state index contributed by atoms with van der Waals surface area (Å²) in [4.78, 5) is 13.2. The number of hydrogen-bond donors (Lipinski definition) is 2. The van der Waals surface area contributed by atoms with E-state index < -0.39 is 0 Å². The lowest BCUT2D eigenvalue weighted by atomic mass is 10.1. The number of nitrogens with zero attached hydrogens (tertiary/aromatic N) is 3. The highest BCUT2D eigenvalue weighted by Gasteiger charge is 2.18. The fourth-order valence-electron chi connectivity index (χ4n) is 3.48. The number of thiophene rings is 1. The van der Waals surface area contributed by atoms with Crippen molar-refractivity contribution in [1.82, 2.24) is 14.9 Å². The largest absolute Gasteiger partial charge is 0.396 e. The molecular weight excluding hydrogens is 416 g/mol. The number of benzene rings is 1. The number of morpholine rings is 1. The maximum atomic E-state index is 8.94. The summed E-state index contributed by atoms with van der Waals surface area (Å²) in [5.74, 6) is 3.75. The van der Waals surface area contributed by atoms with Crippen LogP contribution in [-0.2, 0) is 11.3 Å². The van der Waals surface area contributed by atoms with Gasteiger partial charge in [0.05, 0.1) is 25.1 Å². The number of aromatic nitrogens is 2. The standard InChI is InChI=1S/C22H28N4O2S2/c27-10-4-13-29-14-7-23-21-20-18(17-5-2-1-3-6-17)16-30-22(20)25-19(24-21)15-26-8-11-28-12-9-26/h1-3,5-6,16,27H,4,7-15H2,(H,23,24,25). The number of ether oxygens (including phenoxy) is 1. The molecule has 0 saturated carbocycles. The highest BCUT2D eigenvalue weighted by molar-refractivity contribution is 7.99. The summed E-state index contributed by atoms with van der Waals surface area (Å²) in [6, 6.07) is 10.4. The predicted octanol–water partition coefficient (Wildman–Crippen LogP) is 3.72. The zero-order valence-corrected chi connectivity index (χ0v) is 18.7. The lowest BCUT2D eigenvalue weighted by Crippen LogP contribution is -2.36. The molecule has 8 heteroatoms. The van der Waals surface area contributed by atoms with Crippen molar-refractivity contribution in [1.29, 1.82) is 0 Å². The Morgan fingerprint density at radius 2 is 1.97 bits per heavy atom. The van der Waals surface area contributed by atoms with Gasteiger partial charge in [0.1, 0.15) is 16.5 Å². The second-order valence-corrected chi connectivity index (χ2v) is 9.27. The number of hydrogen-bond acceptors (Lipinski definition) is 8. The molecule has 1 aliphatic rings. The van der Waals surface area contributed by atoms with Gasteiger partial charge in [-0.1, -0.05) is 30.3 Å². The van der Waals surface area contributed by atoms with Gasteiger partial charge in [0, 0.05) is 42.9 Å². The van der Waals surface area contributed by atoms with Gasteiger partial charge in [0.15, 0.2) is 0 Å². The molecule has 0 radical (unpaired) electrons. The van der Waals surface area contributed by atoms with Crippen LogP contribution in [0.2, 0.25) is 0 Å². The Morgan fingerprint density at radius 3 is 2.77 bits per heavy atom. The minimum atomic E-state index is 0.257. The number of rotatable bonds is 10. The Kier molecular flexibility index (Phi) is 7.94. The zero-order valence-electron chi connectivity index (χ0n) is 17.0. The average molecular weight is 445 g/mol. The van der Waals surface area contributed by atoms with Gasteiger partial charge in [-0.2, -0.15) is 11.8 Å². The molecule has 160 valence electrons. The van der Waals surface area contributed by atoms with Gasteiger partial charge < -0.3 is 15.2 Å². The normalized spacial score (nSPS) is 15.0. The van der Waals surface area contributed by atoms with Crippen molar-refractivity contribution < 1.29 is 9.84 Å². The monoisotopic (exact) mass is 444 g/mol. The maximum Gasteiger partial charge on any atom is 0.146 e. The number of anilines is 1. The molecule has 0 unspecified atom stereocenters. The third-order valence-electron chi connectivity index (χ3n) is 5.02. The van der Waals surface area contributed by atoms with Crippen molar-refractivity contribution in [2.75, 3.05) is 56.3 Å². The van der Waals surface area contributed by atoms with Crippen LogP contribution >= 0.6 is 23.1 Å². The Hall–Kier alpha value is -1.71. The molecule has 2 aromatic heterocycles. The molecule has 1 aliphatic heterocycles. The minimum Gasteiger partial charge on any atom is -0.396 e. The first kappa shape index (κ1) is 21.5. The number of aliphatic hydroxyl groups excluding tert-OH is 1. The summed E-state index contributed by atoms with van der Waals surface area (Å²) < 4.78 is 5.47. The van der Waals surface area contributed by atoms with Gasteiger partial charge in [-0.05, 0) is 17.7 Å². The van der Waals surface area contributed by atoms with E-state index in [0.29, 0.717) is 0 Å². The summed E-state index contributed by atoms with van der Waals surface area (Å²) in [6.45, 7) is 5.23. The Bertz CT molecular complexity index is 930. The SMILES string of the molecule is OCCCSCCNc1nc(CN2CCOCC2)nc2scc(-c3ccccc3)c12. The summed E-state index contributed by atoms with van der Waals surface area (Å²) >= 11 is 3.53. The smallest absolute Gasteiger partial charge is 0.146 e. The van der Waals surface area contributed by atoms with E-state index in [0.717, 1.165) is 79.2 Å². The van der Waals surface area contributed by atoms with Crippen LogP contribution in [0.5, 0.6) is 0 Å². The second kappa shape index (κ2) is 11.1. The average Bonchev–Trinajstić information content (AvgIpc) is 3.21. The molecule has 30 heavy (non-hydrogen) atoms. The third kappa shape index (κ3) is 5.50. The lowest BCUT2D eigenvalue weighted by Gasteiger charge is -2.25. The minimum absolute atomic E-state index is 0.257. The fourth-order valence-corrected chi connectivity index (χ4v) is 5.23. The Balaban J connectivity index is 1.58. The van der Waals surface area contributed by atoms with Crippen molar-refractivity contribution in [3.8, 4) is 11.1 Å². The van der Waals surface area contributed by atoms with E-state index in [9.17, 15) is 0 Å². The molecule has 1 fully saturated rings. The molecule has 0 aliphatic carbocycles. The molecular formula is C22H28N4O2S2. The van der Waals surface area contributed by atoms with Gasteiger partial charge >= 0.3 is 0 Å². The van der Waals surface area contributed by atoms with Gasteiger partial charge in [0.2, 0.25) is 0 Å². The van der Waals surface area contributed by atoms with Crippen molar-refractivity contribution in [2.24, 2.45) is 0 Å². The number of thioether (sulfide) groups is 1. The van der Waals surface area contributed by atoms with Gasteiger partial charge in [-0.25, -0.2) is 9.97 Å². The maximum absolute atomic E-state index is 8.94. The molecule has 6 nitrogen and oxygen atoms in total. The molecule has 2 N–H and O–H groups in total. The van der Waals surface area contributed by atoms with Crippen LogP contribution < -0.4 is 5.32 Å². The van der Waals surface area contributed by atoms with Crippen molar-refractivity contribution >= 4 is 39.1 Å².